The number of piperidine rings is 1. The quantitative estimate of drug-likeness (QED) is 0.841. The van der Waals surface area contributed by atoms with E-state index in [1.54, 1.807) is 0 Å². The molecule has 1 amide bonds. The van der Waals surface area contributed by atoms with Crippen molar-refractivity contribution in [1.29, 1.82) is 0 Å². The van der Waals surface area contributed by atoms with Gasteiger partial charge in [-0.3, -0.25) is 9.59 Å². The summed E-state index contributed by atoms with van der Waals surface area (Å²) in [6.45, 7) is 5.71. The lowest BCUT2D eigenvalue weighted by atomic mass is 9.55. The van der Waals surface area contributed by atoms with E-state index in [1.165, 1.54) is 0 Å². The van der Waals surface area contributed by atoms with E-state index in [1.807, 2.05) is 23.1 Å². The second kappa shape index (κ2) is 4.21. The second-order valence-electron chi connectivity index (χ2n) is 7.42. The van der Waals surface area contributed by atoms with E-state index >= 15 is 0 Å². The number of carbonyl (C=O) groups is 2. The summed E-state index contributed by atoms with van der Waals surface area (Å²) in [5, 5.41) is 0. The van der Waals surface area contributed by atoms with E-state index in [-0.39, 0.29) is 16.7 Å². The van der Waals surface area contributed by atoms with Crippen molar-refractivity contribution in [2.75, 3.05) is 13.1 Å². The van der Waals surface area contributed by atoms with Crippen molar-refractivity contribution in [2.45, 2.75) is 44.9 Å². The zero-order chi connectivity index (χ0) is 15.6. The summed E-state index contributed by atoms with van der Waals surface area (Å²) in [4.78, 5) is 27.9. The minimum Gasteiger partial charge on any atom is -0.342 e. The van der Waals surface area contributed by atoms with E-state index in [2.05, 4.69) is 26.0 Å². The summed E-state index contributed by atoms with van der Waals surface area (Å²) in [6, 6.07) is 10.2. The van der Waals surface area contributed by atoms with Crippen LogP contribution in [0.2, 0.25) is 0 Å². The zero-order valence-corrected chi connectivity index (χ0v) is 13.4. The molecule has 3 aliphatic rings. The topological polar surface area (TPSA) is 37.4 Å². The third-order valence-corrected chi connectivity index (χ3v) is 6.86. The number of amides is 1. The molecule has 1 unspecified atom stereocenters. The van der Waals surface area contributed by atoms with Gasteiger partial charge in [-0.25, -0.2) is 0 Å². The van der Waals surface area contributed by atoms with E-state index in [0.717, 1.165) is 31.5 Å². The van der Waals surface area contributed by atoms with E-state index < -0.39 is 5.41 Å². The van der Waals surface area contributed by atoms with Crippen LogP contribution in [0.3, 0.4) is 0 Å². The highest BCUT2D eigenvalue weighted by molar-refractivity contribution is 5.99. The average molecular weight is 297 g/mol. The summed E-state index contributed by atoms with van der Waals surface area (Å²) in [5.74, 6) is 0.625. The van der Waals surface area contributed by atoms with Gasteiger partial charge in [0, 0.05) is 30.3 Å². The fourth-order valence-corrected chi connectivity index (χ4v) is 5.52. The van der Waals surface area contributed by atoms with Crippen LogP contribution in [0.5, 0.6) is 0 Å². The summed E-state index contributed by atoms with van der Waals surface area (Å²) >= 11 is 0. The SMILES string of the molecule is CCN1CCC23C[C@@]2(C)C(=O)CC[C@]3(c2ccccc2)C1=O. The van der Waals surface area contributed by atoms with Crippen molar-refractivity contribution in [3.05, 3.63) is 35.9 Å². The number of hydrogen-bond acceptors (Lipinski definition) is 2. The van der Waals surface area contributed by atoms with Gasteiger partial charge in [-0.15, -0.1) is 0 Å². The van der Waals surface area contributed by atoms with Crippen molar-refractivity contribution >= 4 is 11.7 Å². The second-order valence-corrected chi connectivity index (χ2v) is 7.42. The molecule has 22 heavy (non-hydrogen) atoms. The van der Waals surface area contributed by atoms with Crippen LogP contribution in [0, 0.1) is 10.8 Å². The molecule has 116 valence electrons. The highest BCUT2D eigenvalue weighted by Gasteiger charge is 2.81. The van der Waals surface area contributed by atoms with Crippen LogP contribution >= 0.6 is 0 Å². The van der Waals surface area contributed by atoms with Crippen molar-refractivity contribution < 1.29 is 9.59 Å². The summed E-state index contributed by atoms with van der Waals surface area (Å²) in [6.07, 6.45) is 3.07. The molecule has 1 aliphatic heterocycles. The molecule has 0 bridgehead atoms. The molecule has 3 fully saturated rings. The maximum Gasteiger partial charge on any atom is 0.233 e. The average Bonchev–Trinajstić information content (AvgIpc) is 3.17. The Morgan fingerprint density at radius 3 is 2.55 bits per heavy atom. The largest absolute Gasteiger partial charge is 0.342 e. The van der Waals surface area contributed by atoms with E-state index in [9.17, 15) is 9.59 Å². The molecule has 2 saturated carbocycles. The minimum atomic E-state index is -0.481. The van der Waals surface area contributed by atoms with E-state index in [0.29, 0.717) is 18.6 Å². The van der Waals surface area contributed by atoms with Crippen LogP contribution in [0.25, 0.3) is 0 Å². The number of Topliss-reactive ketones (excluding diaryl/α,β-unsaturated/α-hetero) is 1. The van der Waals surface area contributed by atoms with Gasteiger partial charge in [0.15, 0.2) is 0 Å². The fourth-order valence-electron chi connectivity index (χ4n) is 5.52. The first kappa shape index (κ1) is 14.0. The van der Waals surface area contributed by atoms with Crippen molar-refractivity contribution in [2.24, 2.45) is 10.8 Å². The molecule has 3 atom stereocenters. The maximum absolute atomic E-state index is 13.4. The number of benzene rings is 1. The highest BCUT2D eigenvalue weighted by Crippen LogP contribution is 2.79. The van der Waals surface area contributed by atoms with Gasteiger partial charge < -0.3 is 4.90 Å². The predicted molar refractivity (Wildman–Crippen MR) is 84.4 cm³/mol. The Labute approximate surface area is 131 Å². The van der Waals surface area contributed by atoms with Crippen LogP contribution in [0.1, 0.15) is 45.1 Å². The third kappa shape index (κ3) is 1.34. The first-order chi connectivity index (χ1) is 10.5. The van der Waals surface area contributed by atoms with Gasteiger partial charge in [0.2, 0.25) is 5.91 Å². The predicted octanol–water partition coefficient (Wildman–Crippen LogP) is 2.94. The van der Waals surface area contributed by atoms with Crippen molar-refractivity contribution in [3.8, 4) is 0 Å². The zero-order valence-electron chi connectivity index (χ0n) is 13.4. The lowest BCUT2D eigenvalue weighted by Crippen LogP contribution is -2.61. The van der Waals surface area contributed by atoms with Crippen LogP contribution in [-0.2, 0) is 15.0 Å². The summed E-state index contributed by atoms with van der Waals surface area (Å²) in [5.41, 5.74) is 0.218. The molecule has 1 heterocycles. The lowest BCUT2D eigenvalue weighted by molar-refractivity contribution is -0.151. The molecule has 0 aromatic heterocycles. The number of ketones is 1. The molecule has 1 aromatic carbocycles. The van der Waals surface area contributed by atoms with Crippen LogP contribution in [0.4, 0.5) is 0 Å². The van der Waals surface area contributed by atoms with Crippen molar-refractivity contribution in [1.82, 2.24) is 4.90 Å². The molecule has 1 aromatic rings. The Morgan fingerprint density at radius 2 is 1.86 bits per heavy atom. The number of carbonyl (C=O) groups excluding carboxylic acids is 2. The van der Waals surface area contributed by atoms with Gasteiger partial charge in [-0.1, -0.05) is 37.3 Å². The maximum atomic E-state index is 13.4. The van der Waals surface area contributed by atoms with Gasteiger partial charge in [0.05, 0.1) is 5.41 Å². The standard InChI is InChI=1S/C19H23NO2/c1-3-20-12-11-18-13-17(18,2)15(21)9-10-19(18,16(20)22)14-7-5-4-6-8-14/h4-8H,3,9-13H2,1-2H3/t17-,18?,19-/m0/s1. The number of nitrogens with zero attached hydrogens (tertiary/aromatic N) is 1. The normalized spacial score (nSPS) is 40.2. The molecular weight excluding hydrogens is 274 g/mol. The Bertz CT molecular complexity index is 655. The minimum absolute atomic E-state index is 0.139. The van der Waals surface area contributed by atoms with Crippen LogP contribution < -0.4 is 0 Å². The molecule has 2 aliphatic carbocycles. The van der Waals surface area contributed by atoms with Crippen LogP contribution in [0.15, 0.2) is 30.3 Å². The van der Waals surface area contributed by atoms with Gasteiger partial charge in [0.25, 0.3) is 0 Å². The molecule has 4 rings (SSSR count). The van der Waals surface area contributed by atoms with Gasteiger partial charge in [0.1, 0.15) is 5.78 Å². The number of hydrogen-bond donors (Lipinski definition) is 0. The molecule has 1 saturated heterocycles. The Hall–Kier alpha value is -1.64. The van der Waals surface area contributed by atoms with Gasteiger partial charge in [-0.05, 0) is 31.7 Å². The Morgan fingerprint density at radius 1 is 1.14 bits per heavy atom. The highest BCUT2D eigenvalue weighted by atomic mass is 16.2. The number of likely N-dealkylation sites (tertiary alicyclic amines) is 1. The molecule has 0 N–H and O–H groups in total. The lowest BCUT2D eigenvalue weighted by Gasteiger charge is -2.52. The van der Waals surface area contributed by atoms with E-state index in [4.69, 9.17) is 0 Å². The number of likely N-dealkylation sites (N-methyl/N-ethyl adjacent to an activating group) is 1. The Kier molecular flexibility index (Phi) is 2.68. The van der Waals surface area contributed by atoms with Gasteiger partial charge >= 0.3 is 0 Å². The molecule has 3 nitrogen and oxygen atoms in total. The van der Waals surface area contributed by atoms with Gasteiger partial charge in [-0.2, -0.15) is 0 Å². The monoisotopic (exact) mass is 297 g/mol. The molecule has 0 radical (unpaired) electrons. The molecule has 3 heteroatoms. The third-order valence-electron chi connectivity index (χ3n) is 6.86. The fraction of sp³-hybridized carbons (Fsp3) is 0.579. The smallest absolute Gasteiger partial charge is 0.233 e. The number of rotatable bonds is 2. The Balaban J connectivity index is 1.92. The molecule has 1 spiro atoms. The summed E-state index contributed by atoms with van der Waals surface area (Å²) < 4.78 is 0. The molecular formula is C19H23NO2. The van der Waals surface area contributed by atoms with Crippen molar-refractivity contribution in [3.63, 3.8) is 0 Å². The summed E-state index contributed by atoms with van der Waals surface area (Å²) in [7, 11) is 0. The first-order valence-corrected chi connectivity index (χ1v) is 8.40. The first-order valence-electron chi connectivity index (χ1n) is 8.40. The van der Waals surface area contributed by atoms with Crippen LogP contribution in [-0.4, -0.2) is 29.7 Å².